The van der Waals surface area contributed by atoms with Crippen molar-refractivity contribution in [1.82, 2.24) is 4.90 Å². The molecule has 7 nitrogen and oxygen atoms in total. The summed E-state index contributed by atoms with van der Waals surface area (Å²) in [4.78, 5) is 25.0. The molecule has 0 radical (unpaired) electrons. The Morgan fingerprint density at radius 1 is 1.14 bits per heavy atom. The van der Waals surface area contributed by atoms with Gasteiger partial charge < -0.3 is 14.7 Å². The van der Waals surface area contributed by atoms with Crippen LogP contribution in [0.1, 0.15) is 38.5 Å². The van der Waals surface area contributed by atoms with Crippen LogP contribution in [0.25, 0.3) is 0 Å². The highest BCUT2D eigenvalue weighted by molar-refractivity contribution is 5.84. The molecule has 0 aliphatic heterocycles. The minimum Gasteiger partial charge on any atom is -0.453 e. The first-order valence-electron chi connectivity index (χ1n) is 6.95. The van der Waals surface area contributed by atoms with Gasteiger partial charge in [0.25, 0.3) is 5.91 Å². The zero-order valence-electron chi connectivity index (χ0n) is 11.9. The minimum absolute atomic E-state index is 0.148. The van der Waals surface area contributed by atoms with Crippen molar-refractivity contribution in [3.63, 3.8) is 0 Å². The largest absolute Gasteiger partial charge is 0.453 e. The quantitative estimate of drug-likeness (QED) is 0.683. The third-order valence-electron chi connectivity index (χ3n) is 3.48. The number of hydrogen-bond acceptors (Lipinski definition) is 6. The van der Waals surface area contributed by atoms with Gasteiger partial charge in [-0.05, 0) is 25.7 Å². The Morgan fingerprint density at radius 3 is 2.14 bits per heavy atom. The third-order valence-corrected chi connectivity index (χ3v) is 3.48. The molecule has 1 N–H and O–H groups in total. The number of amides is 1. The average molecular weight is 293 g/mol. The highest BCUT2D eigenvalue weighted by Crippen LogP contribution is 2.30. The first-order chi connectivity index (χ1) is 10.0. The smallest absolute Gasteiger partial charge is 0.338 e. The summed E-state index contributed by atoms with van der Waals surface area (Å²) in [6, 6.07) is 3.84. The molecule has 7 heteroatoms. The summed E-state index contributed by atoms with van der Waals surface area (Å²) in [6.07, 6.45) is 2.52. The van der Waals surface area contributed by atoms with Crippen LogP contribution in [0, 0.1) is 22.7 Å². The van der Waals surface area contributed by atoms with Crippen LogP contribution in [0.4, 0.5) is 0 Å². The molecule has 0 atom stereocenters. The zero-order valence-corrected chi connectivity index (χ0v) is 11.9. The first-order valence-corrected chi connectivity index (χ1v) is 6.95. The van der Waals surface area contributed by atoms with Crippen molar-refractivity contribution in [2.75, 3.05) is 19.7 Å². The van der Waals surface area contributed by atoms with E-state index in [1.807, 2.05) is 12.1 Å². The standard InChI is InChI=1S/C14H19N3O4/c15-7-3-9-17(10-4-8-16)12(18)11-21-13(19)14(20)5-1-2-6-14/h20H,1-6,9-11H2. The topological polar surface area (TPSA) is 114 Å². The van der Waals surface area contributed by atoms with Gasteiger partial charge in [0.2, 0.25) is 0 Å². The van der Waals surface area contributed by atoms with Gasteiger partial charge in [0.05, 0.1) is 25.0 Å². The number of ether oxygens (including phenoxy) is 1. The van der Waals surface area contributed by atoms with Crippen molar-refractivity contribution in [3.8, 4) is 12.1 Å². The van der Waals surface area contributed by atoms with Crippen molar-refractivity contribution in [2.24, 2.45) is 0 Å². The van der Waals surface area contributed by atoms with Crippen molar-refractivity contribution in [1.29, 1.82) is 10.5 Å². The molecule has 0 bridgehead atoms. The normalized spacial score (nSPS) is 15.8. The number of rotatable bonds is 7. The van der Waals surface area contributed by atoms with Crippen molar-refractivity contribution in [2.45, 2.75) is 44.1 Å². The number of aliphatic hydroxyl groups is 1. The second kappa shape index (κ2) is 8.23. The molecule has 0 heterocycles. The van der Waals surface area contributed by atoms with Gasteiger partial charge in [-0.1, -0.05) is 0 Å². The summed E-state index contributed by atoms with van der Waals surface area (Å²) in [5.74, 6) is -1.23. The van der Waals surface area contributed by atoms with Crippen LogP contribution in [0.2, 0.25) is 0 Å². The van der Waals surface area contributed by atoms with Crippen LogP contribution in [0.3, 0.4) is 0 Å². The predicted molar refractivity (Wildman–Crippen MR) is 71.4 cm³/mol. The lowest BCUT2D eigenvalue weighted by Crippen LogP contribution is -2.41. The summed E-state index contributed by atoms with van der Waals surface area (Å²) in [6.45, 7) is -0.0876. The number of carbonyl (C=O) groups is 2. The van der Waals surface area contributed by atoms with Gasteiger partial charge in [0.15, 0.2) is 12.2 Å². The van der Waals surface area contributed by atoms with Gasteiger partial charge in [0.1, 0.15) is 0 Å². The Kier molecular flexibility index (Phi) is 6.64. The molecular formula is C14H19N3O4. The monoisotopic (exact) mass is 293 g/mol. The van der Waals surface area contributed by atoms with E-state index in [1.165, 1.54) is 4.90 Å². The molecule has 1 rings (SSSR count). The van der Waals surface area contributed by atoms with Crippen molar-refractivity contribution >= 4 is 11.9 Å². The molecule has 1 fully saturated rings. The Balaban J connectivity index is 2.47. The second-order valence-electron chi connectivity index (χ2n) is 5.01. The summed E-state index contributed by atoms with van der Waals surface area (Å²) in [5.41, 5.74) is -1.47. The van der Waals surface area contributed by atoms with Gasteiger partial charge in [-0.2, -0.15) is 10.5 Å². The second-order valence-corrected chi connectivity index (χ2v) is 5.01. The van der Waals surface area contributed by atoms with Crippen molar-refractivity contribution in [3.05, 3.63) is 0 Å². The van der Waals surface area contributed by atoms with Crippen LogP contribution in [0.15, 0.2) is 0 Å². The fourth-order valence-corrected chi connectivity index (χ4v) is 2.25. The Labute approximate surface area is 123 Å². The van der Waals surface area contributed by atoms with E-state index in [-0.39, 0.29) is 25.9 Å². The van der Waals surface area contributed by atoms with E-state index in [4.69, 9.17) is 15.3 Å². The van der Waals surface area contributed by atoms with Crippen LogP contribution in [-0.2, 0) is 14.3 Å². The lowest BCUT2D eigenvalue weighted by Gasteiger charge is -2.23. The SMILES string of the molecule is N#CCCN(CCC#N)C(=O)COC(=O)C1(O)CCCC1. The summed E-state index contributed by atoms with van der Waals surface area (Å²) in [5, 5.41) is 27.1. The number of nitrogens with zero attached hydrogens (tertiary/aromatic N) is 3. The number of esters is 1. The highest BCUT2D eigenvalue weighted by Gasteiger charge is 2.40. The Hall–Kier alpha value is -2.12. The van der Waals surface area contributed by atoms with E-state index < -0.39 is 24.1 Å². The third kappa shape index (κ3) is 5.05. The molecule has 0 saturated heterocycles. The van der Waals surface area contributed by atoms with Gasteiger partial charge >= 0.3 is 5.97 Å². The molecule has 0 aromatic heterocycles. The Morgan fingerprint density at radius 2 is 1.67 bits per heavy atom. The number of hydrogen-bond donors (Lipinski definition) is 1. The van der Waals surface area contributed by atoms with E-state index in [9.17, 15) is 14.7 Å². The van der Waals surface area contributed by atoms with Crippen LogP contribution >= 0.6 is 0 Å². The lowest BCUT2D eigenvalue weighted by molar-refractivity contribution is -0.168. The minimum atomic E-state index is -1.47. The molecule has 0 unspecified atom stereocenters. The van der Waals surface area contributed by atoms with E-state index in [2.05, 4.69) is 0 Å². The predicted octanol–water partition coefficient (Wildman–Crippen LogP) is 0.491. The fraction of sp³-hybridized carbons (Fsp3) is 0.714. The molecule has 114 valence electrons. The van der Waals surface area contributed by atoms with Gasteiger partial charge in [0, 0.05) is 13.1 Å². The van der Waals surface area contributed by atoms with Crippen LogP contribution in [0.5, 0.6) is 0 Å². The van der Waals surface area contributed by atoms with Crippen LogP contribution < -0.4 is 0 Å². The maximum atomic E-state index is 11.9. The van der Waals surface area contributed by atoms with E-state index >= 15 is 0 Å². The summed E-state index contributed by atoms with van der Waals surface area (Å²) in [7, 11) is 0. The molecular weight excluding hydrogens is 274 g/mol. The molecule has 1 amide bonds. The molecule has 0 spiro atoms. The van der Waals surface area contributed by atoms with E-state index in [0.29, 0.717) is 12.8 Å². The number of nitriles is 2. The average Bonchev–Trinajstić information content (AvgIpc) is 2.92. The zero-order chi connectivity index (χ0) is 15.7. The molecule has 0 aromatic carbocycles. The number of carbonyl (C=O) groups excluding carboxylic acids is 2. The summed E-state index contributed by atoms with van der Waals surface area (Å²) < 4.78 is 4.89. The van der Waals surface area contributed by atoms with Gasteiger partial charge in [-0.3, -0.25) is 4.79 Å². The van der Waals surface area contributed by atoms with E-state index in [0.717, 1.165) is 12.8 Å². The maximum absolute atomic E-state index is 11.9. The molecule has 1 aliphatic rings. The van der Waals surface area contributed by atoms with Gasteiger partial charge in [-0.15, -0.1) is 0 Å². The molecule has 21 heavy (non-hydrogen) atoms. The first kappa shape index (κ1) is 16.9. The molecule has 0 aromatic rings. The molecule has 1 saturated carbocycles. The highest BCUT2D eigenvalue weighted by atomic mass is 16.6. The fourth-order valence-electron chi connectivity index (χ4n) is 2.25. The molecule has 1 aliphatic carbocycles. The van der Waals surface area contributed by atoms with Gasteiger partial charge in [-0.25, -0.2) is 4.79 Å². The Bertz CT molecular complexity index is 440. The lowest BCUT2D eigenvalue weighted by atomic mass is 10.0. The van der Waals surface area contributed by atoms with Crippen molar-refractivity contribution < 1.29 is 19.4 Å². The summed E-state index contributed by atoms with van der Waals surface area (Å²) >= 11 is 0. The van der Waals surface area contributed by atoms with Crippen LogP contribution in [-0.4, -0.2) is 47.2 Å². The maximum Gasteiger partial charge on any atom is 0.338 e. The van der Waals surface area contributed by atoms with E-state index in [1.54, 1.807) is 0 Å².